The molecule has 24 heavy (non-hydrogen) atoms. The number of thiazole rings is 1. The van der Waals surface area contributed by atoms with Crippen molar-refractivity contribution in [2.45, 2.75) is 0 Å². The van der Waals surface area contributed by atoms with Crippen LogP contribution in [0.1, 0.15) is 10.4 Å². The second-order valence-electron chi connectivity index (χ2n) is 4.82. The molecule has 4 rings (SSSR count). The number of aromatic nitrogens is 6. The van der Waals surface area contributed by atoms with Crippen LogP contribution in [0.2, 0.25) is 0 Å². The summed E-state index contributed by atoms with van der Waals surface area (Å²) < 4.78 is 3.35. The Morgan fingerprint density at radius 1 is 1.21 bits per heavy atom. The molecule has 9 heteroatoms. The largest absolute Gasteiger partial charge is 0.319 e. The molecule has 0 atom stereocenters. The van der Waals surface area contributed by atoms with E-state index in [9.17, 15) is 4.79 Å². The highest BCUT2D eigenvalue weighted by Crippen LogP contribution is 2.15. The maximum absolute atomic E-state index is 12.4. The van der Waals surface area contributed by atoms with Crippen molar-refractivity contribution in [1.29, 1.82) is 0 Å². The SMILES string of the molecule is O=C(Nc1cnn(-c2nccs2)c1)c1ccnc(-n2ccnc2)c1. The van der Waals surface area contributed by atoms with E-state index >= 15 is 0 Å². The number of imidazole rings is 1. The maximum Gasteiger partial charge on any atom is 0.255 e. The van der Waals surface area contributed by atoms with Gasteiger partial charge in [-0.15, -0.1) is 11.3 Å². The van der Waals surface area contributed by atoms with Gasteiger partial charge in [-0.2, -0.15) is 5.10 Å². The summed E-state index contributed by atoms with van der Waals surface area (Å²) in [4.78, 5) is 24.8. The van der Waals surface area contributed by atoms with E-state index < -0.39 is 0 Å². The lowest BCUT2D eigenvalue weighted by atomic mass is 10.2. The Morgan fingerprint density at radius 3 is 2.96 bits per heavy atom. The predicted molar refractivity (Wildman–Crippen MR) is 88.5 cm³/mol. The molecule has 0 aromatic carbocycles. The number of pyridine rings is 1. The lowest BCUT2D eigenvalue weighted by molar-refractivity contribution is 0.102. The standard InChI is InChI=1S/C15H11N7OS/c23-14(11-1-2-17-13(7-11)21-5-3-16-10-21)20-12-8-19-22(9-12)15-18-4-6-24-15/h1-10H,(H,20,23). The Morgan fingerprint density at radius 2 is 2.17 bits per heavy atom. The molecule has 0 bridgehead atoms. The molecular formula is C15H11N7OS. The minimum absolute atomic E-state index is 0.238. The second-order valence-corrected chi connectivity index (χ2v) is 5.69. The molecule has 0 unspecified atom stereocenters. The molecule has 1 amide bonds. The molecule has 118 valence electrons. The lowest BCUT2D eigenvalue weighted by Gasteiger charge is -2.05. The summed E-state index contributed by atoms with van der Waals surface area (Å²) in [6.45, 7) is 0. The van der Waals surface area contributed by atoms with Crippen molar-refractivity contribution in [2.24, 2.45) is 0 Å². The number of hydrogen-bond donors (Lipinski definition) is 1. The zero-order valence-corrected chi connectivity index (χ0v) is 13.1. The second kappa shape index (κ2) is 6.05. The van der Waals surface area contributed by atoms with Crippen LogP contribution in [-0.2, 0) is 0 Å². The molecule has 0 aliphatic heterocycles. The van der Waals surface area contributed by atoms with Gasteiger partial charge >= 0.3 is 0 Å². The van der Waals surface area contributed by atoms with E-state index in [1.807, 2.05) is 5.38 Å². The van der Waals surface area contributed by atoms with Crippen molar-refractivity contribution in [2.75, 3.05) is 5.32 Å². The summed E-state index contributed by atoms with van der Waals surface area (Å²) >= 11 is 1.46. The van der Waals surface area contributed by atoms with E-state index in [1.165, 1.54) is 11.3 Å². The molecule has 0 saturated heterocycles. The van der Waals surface area contributed by atoms with Crippen LogP contribution >= 0.6 is 11.3 Å². The number of carbonyl (C=O) groups is 1. The van der Waals surface area contributed by atoms with Gasteiger partial charge in [-0.25, -0.2) is 19.6 Å². The molecule has 8 nitrogen and oxygen atoms in total. The summed E-state index contributed by atoms with van der Waals surface area (Å²) in [5.41, 5.74) is 1.09. The third-order valence-electron chi connectivity index (χ3n) is 3.23. The van der Waals surface area contributed by atoms with Gasteiger partial charge in [0.05, 0.1) is 18.1 Å². The Hall–Kier alpha value is -3.33. The minimum atomic E-state index is -0.238. The van der Waals surface area contributed by atoms with Gasteiger partial charge in [0.15, 0.2) is 0 Å². The highest BCUT2D eigenvalue weighted by molar-refractivity contribution is 7.12. The fourth-order valence-corrected chi connectivity index (χ4v) is 2.69. The Balaban J connectivity index is 1.53. The first kappa shape index (κ1) is 14.3. The van der Waals surface area contributed by atoms with Gasteiger partial charge in [-0.05, 0) is 12.1 Å². The van der Waals surface area contributed by atoms with Gasteiger partial charge < -0.3 is 5.32 Å². The lowest BCUT2D eigenvalue weighted by Crippen LogP contribution is -2.12. The van der Waals surface area contributed by atoms with Gasteiger partial charge in [-0.1, -0.05) is 0 Å². The highest BCUT2D eigenvalue weighted by Gasteiger charge is 2.10. The van der Waals surface area contributed by atoms with Gasteiger partial charge in [0, 0.05) is 35.7 Å². The number of carbonyl (C=O) groups excluding carboxylic acids is 1. The van der Waals surface area contributed by atoms with Crippen LogP contribution in [-0.4, -0.2) is 35.2 Å². The number of hydrogen-bond acceptors (Lipinski definition) is 6. The predicted octanol–water partition coefficient (Wildman–Crippen LogP) is 2.16. The Kier molecular flexibility index (Phi) is 3.60. The van der Waals surface area contributed by atoms with Crippen molar-refractivity contribution < 1.29 is 4.79 Å². The average Bonchev–Trinajstić information content (AvgIpc) is 3.36. The average molecular weight is 337 g/mol. The molecule has 4 heterocycles. The van der Waals surface area contributed by atoms with Crippen LogP contribution in [0.15, 0.2) is 61.0 Å². The van der Waals surface area contributed by atoms with Crippen molar-refractivity contribution >= 4 is 22.9 Å². The molecule has 4 aromatic rings. The number of rotatable bonds is 4. The van der Waals surface area contributed by atoms with Crippen LogP contribution in [0, 0.1) is 0 Å². The van der Waals surface area contributed by atoms with E-state index in [0.717, 1.165) is 5.13 Å². The van der Waals surface area contributed by atoms with Crippen LogP contribution in [0.4, 0.5) is 5.69 Å². The molecule has 0 aliphatic rings. The van der Waals surface area contributed by atoms with Gasteiger partial charge in [-0.3, -0.25) is 9.36 Å². The van der Waals surface area contributed by atoms with Crippen LogP contribution in [0.3, 0.4) is 0 Å². The van der Waals surface area contributed by atoms with E-state index in [2.05, 4.69) is 25.4 Å². The first-order valence-electron chi connectivity index (χ1n) is 7.00. The van der Waals surface area contributed by atoms with Crippen molar-refractivity contribution in [1.82, 2.24) is 29.3 Å². The van der Waals surface area contributed by atoms with Crippen molar-refractivity contribution in [3.05, 3.63) is 66.6 Å². The summed E-state index contributed by atoms with van der Waals surface area (Å²) in [5, 5.41) is 9.61. The molecule has 4 aromatic heterocycles. The summed E-state index contributed by atoms with van der Waals surface area (Å²) in [5.74, 6) is 0.385. The van der Waals surface area contributed by atoms with E-state index in [1.54, 1.807) is 64.9 Å². The molecule has 0 spiro atoms. The zero-order valence-electron chi connectivity index (χ0n) is 12.3. The summed E-state index contributed by atoms with van der Waals surface area (Å²) in [6.07, 6.45) is 11.6. The van der Waals surface area contributed by atoms with E-state index in [0.29, 0.717) is 17.1 Å². The molecular weight excluding hydrogens is 326 g/mol. The quantitative estimate of drug-likeness (QED) is 0.616. The first-order chi connectivity index (χ1) is 11.8. The maximum atomic E-state index is 12.4. The highest BCUT2D eigenvalue weighted by atomic mass is 32.1. The van der Waals surface area contributed by atoms with E-state index in [-0.39, 0.29) is 5.91 Å². The van der Waals surface area contributed by atoms with Crippen LogP contribution in [0.25, 0.3) is 10.9 Å². The molecule has 0 aliphatic carbocycles. The fraction of sp³-hybridized carbons (Fsp3) is 0. The fourth-order valence-electron chi connectivity index (χ4n) is 2.12. The Labute approximate surface area is 140 Å². The number of anilines is 1. The molecule has 1 N–H and O–H groups in total. The Bertz CT molecular complexity index is 960. The van der Waals surface area contributed by atoms with E-state index in [4.69, 9.17) is 0 Å². The number of nitrogens with one attached hydrogen (secondary N) is 1. The third-order valence-corrected chi connectivity index (χ3v) is 3.99. The third kappa shape index (κ3) is 2.79. The van der Waals surface area contributed by atoms with Crippen molar-refractivity contribution in [3.8, 4) is 10.9 Å². The molecule has 0 fully saturated rings. The smallest absolute Gasteiger partial charge is 0.255 e. The first-order valence-corrected chi connectivity index (χ1v) is 7.88. The van der Waals surface area contributed by atoms with Crippen molar-refractivity contribution in [3.63, 3.8) is 0 Å². The van der Waals surface area contributed by atoms with Gasteiger partial charge in [0.2, 0.25) is 5.13 Å². The van der Waals surface area contributed by atoms with Crippen LogP contribution in [0.5, 0.6) is 0 Å². The summed E-state index contributed by atoms with van der Waals surface area (Å²) in [6, 6.07) is 3.35. The number of amides is 1. The summed E-state index contributed by atoms with van der Waals surface area (Å²) in [7, 11) is 0. The van der Waals surface area contributed by atoms with Gasteiger partial charge in [0.1, 0.15) is 12.1 Å². The molecule has 0 radical (unpaired) electrons. The zero-order chi connectivity index (χ0) is 16.4. The van der Waals surface area contributed by atoms with Crippen LogP contribution < -0.4 is 5.32 Å². The monoisotopic (exact) mass is 337 g/mol. The molecule has 0 saturated carbocycles. The number of nitrogens with zero attached hydrogens (tertiary/aromatic N) is 6. The minimum Gasteiger partial charge on any atom is -0.319 e. The normalized spacial score (nSPS) is 10.7. The van der Waals surface area contributed by atoms with Gasteiger partial charge in [0.25, 0.3) is 5.91 Å². The topological polar surface area (TPSA) is 90.5 Å².